The second kappa shape index (κ2) is 8.46. The number of hydrogen-bond acceptors (Lipinski definition) is 3. The van der Waals surface area contributed by atoms with Crippen molar-refractivity contribution in [3.63, 3.8) is 0 Å². The molecule has 0 aromatic heterocycles. The van der Waals surface area contributed by atoms with E-state index in [0.717, 1.165) is 45.0 Å². The smallest absolute Gasteiger partial charge is 0.251 e. The lowest BCUT2D eigenvalue weighted by Crippen LogP contribution is -2.35. The first-order valence-electron chi connectivity index (χ1n) is 8.98. The molecule has 3 rings (SSSR count). The molecule has 4 nitrogen and oxygen atoms in total. The summed E-state index contributed by atoms with van der Waals surface area (Å²) in [6.45, 7) is 5.39. The third-order valence-corrected chi connectivity index (χ3v) is 5.00. The van der Waals surface area contributed by atoms with Crippen LogP contribution in [0, 0.1) is 5.92 Å². The molecule has 1 aromatic carbocycles. The minimum Gasteiger partial charge on any atom is -0.379 e. The fourth-order valence-corrected chi connectivity index (χ4v) is 3.51. The van der Waals surface area contributed by atoms with E-state index in [1.807, 2.05) is 12.1 Å². The molecule has 0 atom stereocenters. The normalized spacial score (nSPS) is 20.3. The molecule has 2 fully saturated rings. The SMILES string of the molecule is O=C(NCC1CCCCC1)c1ccc(CN2CCOCC2)cc1. The second-order valence-corrected chi connectivity index (χ2v) is 6.80. The molecule has 1 saturated heterocycles. The van der Waals surface area contributed by atoms with Crippen molar-refractivity contribution in [2.45, 2.75) is 38.6 Å². The Morgan fingerprint density at radius 2 is 1.78 bits per heavy atom. The van der Waals surface area contributed by atoms with Crippen molar-refractivity contribution in [2.24, 2.45) is 5.92 Å². The van der Waals surface area contributed by atoms with Crippen molar-refractivity contribution < 1.29 is 9.53 Å². The van der Waals surface area contributed by atoms with Crippen LogP contribution in [0.5, 0.6) is 0 Å². The van der Waals surface area contributed by atoms with E-state index < -0.39 is 0 Å². The summed E-state index contributed by atoms with van der Waals surface area (Å²) in [5, 5.41) is 3.10. The maximum absolute atomic E-state index is 12.3. The number of hydrogen-bond donors (Lipinski definition) is 1. The number of morpholine rings is 1. The highest BCUT2D eigenvalue weighted by Gasteiger charge is 2.15. The maximum atomic E-state index is 12.3. The summed E-state index contributed by atoms with van der Waals surface area (Å²) in [5.74, 6) is 0.738. The van der Waals surface area contributed by atoms with Gasteiger partial charge in [0.2, 0.25) is 0 Å². The van der Waals surface area contributed by atoms with Crippen molar-refractivity contribution in [1.82, 2.24) is 10.2 Å². The zero-order valence-corrected chi connectivity index (χ0v) is 13.9. The predicted octanol–water partition coefficient (Wildman–Crippen LogP) is 2.83. The number of amides is 1. The zero-order chi connectivity index (χ0) is 15.9. The van der Waals surface area contributed by atoms with Gasteiger partial charge in [-0.2, -0.15) is 0 Å². The Morgan fingerprint density at radius 1 is 1.09 bits per heavy atom. The van der Waals surface area contributed by atoms with Crippen LogP contribution >= 0.6 is 0 Å². The molecule has 1 aliphatic carbocycles. The summed E-state index contributed by atoms with van der Waals surface area (Å²) in [4.78, 5) is 14.6. The van der Waals surface area contributed by atoms with Crippen molar-refractivity contribution in [3.8, 4) is 0 Å². The monoisotopic (exact) mass is 316 g/mol. The maximum Gasteiger partial charge on any atom is 0.251 e. The van der Waals surface area contributed by atoms with Gasteiger partial charge in [-0.05, 0) is 36.5 Å². The Labute approximate surface area is 139 Å². The Bertz CT molecular complexity index is 489. The molecule has 1 N–H and O–H groups in total. The van der Waals surface area contributed by atoms with Crippen LogP contribution in [0.15, 0.2) is 24.3 Å². The van der Waals surface area contributed by atoms with Crippen LogP contribution in [0.3, 0.4) is 0 Å². The number of nitrogens with one attached hydrogen (secondary N) is 1. The predicted molar refractivity (Wildman–Crippen MR) is 91.4 cm³/mol. The lowest BCUT2D eigenvalue weighted by molar-refractivity contribution is 0.0342. The van der Waals surface area contributed by atoms with Gasteiger partial charge in [0.1, 0.15) is 0 Å². The molecular weight excluding hydrogens is 288 g/mol. The van der Waals surface area contributed by atoms with Crippen LogP contribution in [0.2, 0.25) is 0 Å². The highest BCUT2D eigenvalue weighted by atomic mass is 16.5. The van der Waals surface area contributed by atoms with E-state index in [1.165, 1.54) is 37.7 Å². The Balaban J connectivity index is 1.46. The highest BCUT2D eigenvalue weighted by Crippen LogP contribution is 2.22. The Hall–Kier alpha value is -1.39. The molecule has 2 aliphatic rings. The first-order chi connectivity index (χ1) is 11.3. The van der Waals surface area contributed by atoms with E-state index in [9.17, 15) is 4.79 Å². The van der Waals surface area contributed by atoms with Crippen molar-refractivity contribution in [1.29, 1.82) is 0 Å². The fraction of sp³-hybridized carbons (Fsp3) is 0.632. The standard InChI is InChI=1S/C19H28N2O2/c22-19(20-14-16-4-2-1-3-5-16)18-8-6-17(7-9-18)15-21-10-12-23-13-11-21/h6-9,16H,1-5,10-15H2,(H,20,22). The first-order valence-corrected chi connectivity index (χ1v) is 8.98. The highest BCUT2D eigenvalue weighted by molar-refractivity contribution is 5.94. The molecular formula is C19H28N2O2. The summed E-state index contributed by atoms with van der Waals surface area (Å²) in [7, 11) is 0. The van der Waals surface area contributed by atoms with Crippen LogP contribution in [-0.4, -0.2) is 43.7 Å². The largest absolute Gasteiger partial charge is 0.379 e. The minimum atomic E-state index is 0.0634. The number of ether oxygens (including phenoxy) is 1. The van der Waals surface area contributed by atoms with Crippen molar-refractivity contribution in [2.75, 3.05) is 32.8 Å². The fourth-order valence-electron chi connectivity index (χ4n) is 3.51. The van der Waals surface area contributed by atoms with Gasteiger partial charge in [0.05, 0.1) is 13.2 Å². The average Bonchev–Trinajstić information content (AvgIpc) is 2.62. The lowest BCUT2D eigenvalue weighted by Gasteiger charge is -2.26. The van der Waals surface area contributed by atoms with E-state index >= 15 is 0 Å². The van der Waals surface area contributed by atoms with Gasteiger partial charge >= 0.3 is 0 Å². The molecule has 1 amide bonds. The van der Waals surface area contributed by atoms with Crippen LogP contribution in [0.1, 0.15) is 48.0 Å². The van der Waals surface area contributed by atoms with Crippen molar-refractivity contribution >= 4 is 5.91 Å². The summed E-state index contributed by atoms with van der Waals surface area (Å²) >= 11 is 0. The number of carbonyl (C=O) groups is 1. The summed E-state index contributed by atoms with van der Waals surface area (Å²) in [5.41, 5.74) is 2.03. The topological polar surface area (TPSA) is 41.6 Å². The average molecular weight is 316 g/mol. The van der Waals surface area contributed by atoms with Gasteiger partial charge in [-0.25, -0.2) is 0 Å². The zero-order valence-electron chi connectivity index (χ0n) is 13.9. The van der Waals surface area contributed by atoms with Gasteiger partial charge < -0.3 is 10.1 Å². The molecule has 126 valence electrons. The van der Waals surface area contributed by atoms with Crippen LogP contribution in [-0.2, 0) is 11.3 Å². The van der Waals surface area contributed by atoms with Crippen LogP contribution < -0.4 is 5.32 Å². The van der Waals surface area contributed by atoms with E-state index in [4.69, 9.17) is 4.74 Å². The minimum absolute atomic E-state index is 0.0634. The molecule has 0 bridgehead atoms. The molecule has 0 unspecified atom stereocenters. The molecule has 0 spiro atoms. The third kappa shape index (κ3) is 5.05. The van der Waals surface area contributed by atoms with Crippen molar-refractivity contribution in [3.05, 3.63) is 35.4 Å². The van der Waals surface area contributed by atoms with Crippen LogP contribution in [0.4, 0.5) is 0 Å². The van der Waals surface area contributed by atoms with Gasteiger partial charge in [-0.3, -0.25) is 9.69 Å². The van der Waals surface area contributed by atoms with Gasteiger partial charge in [-0.15, -0.1) is 0 Å². The second-order valence-electron chi connectivity index (χ2n) is 6.80. The van der Waals surface area contributed by atoms with Gasteiger partial charge in [-0.1, -0.05) is 31.4 Å². The van der Waals surface area contributed by atoms with E-state index in [1.54, 1.807) is 0 Å². The first kappa shape index (κ1) is 16.5. The summed E-state index contributed by atoms with van der Waals surface area (Å²) in [6.07, 6.45) is 6.51. The summed E-state index contributed by atoms with van der Waals surface area (Å²) < 4.78 is 5.37. The number of rotatable bonds is 5. The quantitative estimate of drug-likeness (QED) is 0.908. The van der Waals surface area contributed by atoms with Crippen LogP contribution in [0.25, 0.3) is 0 Å². The summed E-state index contributed by atoms with van der Waals surface area (Å²) in [6, 6.07) is 8.05. The Morgan fingerprint density at radius 3 is 2.48 bits per heavy atom. The third-order valence-electron chi connectivity index (χ3n) is 5.00. The molecule has 23 heavy (non-hydrogen) atoms. The molecule has 1 aromatic rings. The number of carbonyl (C=O) groups excluding carboxylic acids is 1. The van der Waals surface area contributed by atoms with Gasteiger partial charge in [0.15, 0.2) is 0 Å². The van der Waals surface area contributed by atoms with E-state index in [-0.39, 0.29) is 5.91 Å². The molecule has 0 radical (unpaired) electrons. The van der Waals surface area contributed by atoms with Gasteiger partial charge in [0.25, 0.3) is 5.91 Å². The molecule has 1 aliphatic heterocycles. The van der Waals surface area contributed by atoms with E-state index in [0.29, 0.717) is 5.92 Å². The Kier molecular flexibility index (Phi) is 6.06. The van der Waals surface area contributed by atoms with Gasteiger partial charge in [0, 0.05) is 31.7 Å². The lowest BCUT2D eigenvalue weighted by atomic mass is 9.89. The number of nitrogens with zero attached hydrogens (tertiary/aromatic N) is 1. The number of benzene rings is 1. The molecule has 1 saturated carbocycles. The molecule has 1 heterocycles. The van der Waals surface area contributed by atoms with E-state index in [2.05, 4.69) is 22.3 Å². The molecule has 4 heteroatoms.